The number of alkyl halides is 3. The van der Waals surface area contributed by atoms with E-state index in [4.69, 9.17) is 4.74 Å². The van der Waals surface area contributed by atoms with Crippen molar-refractivity contribution in [2.45, 2.75) is 31.5 Å². The molecule has 0 aromatic heterocycles. The molecule has 5 heteroatoms. The summed E-state index contributed by atoms with van der Waals surface area (Å²) in [5.41, 5.74) is 0.553. The van der Waals surface area contributed by atoms with E-state index in [1.54, 1.807) is 6.07 Å². The number of rotatable bonds is 5. The Hall–Kier alpha value is -1.75. The van der Waals surface area contributed by atoms with Crippen LogP contribution in [0, 0.1) is 0 Å². The minimum atomic E-state index is -4.19. The van der Waals surface area contributed by atoms with E-state index in [2.05, 4.69) is 0 Å². The number of hydrogen-bond donors (Lipinski definition) is 1. The maximum atomic E-state index is 12.2. The Labute approximate surface area is 121 Å². The van der Waals surface area contributed by atoms with Crippen molar-refractivity contribution in [2.75, 3.05) is 7.11 Å². The molecule has 114 valence electrons. The quantitative estimate of drug-likeness (QED) is 0.873. The molecule has 0 aliphatic rings. The molecule has 0 fully saturated rings. The second kappa shape index (κ2) is 6.35. The van der Waals surface area contributed by atoms with Gasteiger partial charge < -0.3 is 9.84 Å². The SMILES string of the molecule is COc1ccc2ccccc2c1C(O)CCCC(F)(F)F. The molecule has 0 radical (unpaired) electrons. The van der Waals surface area contributed by atoms with Crippen LogP contribution < -0.4 is 4.74 Å². The maximum absolute atomic E-state index is 12.2. The Morgan fingerprint density at radius 1 is 1.14 bits per heavy atom. The summed E-state index contributed by atoms with van der Waals surface area (Å²) in [7, 11) is 1.48. The van der Waals surface area contributed by atoms with Gasteiger partial charge in [0.05, 0.1) is 13.2 Å². The van der Waals surface area contributed by atoms with Crippen molar-refractivity contribution in [1.82, 2.24) is 0 Å². The molecule has 2 rings (SSSR count). The number of aliphatic hydroxyl groups excluding tert-OH is 1. The Balaban J connectivity index is 2.26. The van der Waals surface area contributed by atoms with Crippen LogP contribution in [0.4, 0.5) is 13.2 Å². The van der Waals surface area contributed by atoms with Crippen LogP contribution in [-0.4, -0.2) is 18.4 Å². The Morgan fingerprint density at radius 3 is 2.52 bits per heavy atom. The molecule has 1 unspecified atom stereocenters. The lowest BCUT2D eigenvalue weighted by Crippen LogP contribution is -2.08. The monoisotopic (exact) mass is 298 g/mol. The standard InChI is InChI=1S/C16H17F3O2/c1-21-14-9-8-11-5-2-3-6-12(11)15(14)13(20)7-4-10-16(17,18)19/h2-3,5-6,8-9,13,20H,4,7,10H2,1H3. The molecule has 0 aliphatic carbocycles. The van der Waals surface area contributed by atoms with Gasteiger partial charge in [-0.1, -0.05) is 30.3 Å². The van der Waals surface area contributed by atoms with Gasteiger partial charge in [0.15, 0.2) is 0 Å². The van der Waals surface area contributed by atoms with E-state index >= 15 is 0 Å². The van der Waals surface area contributed by atoms with E-state index in [9.17, 15) is 18.3 Å². The summed E-state index contributed by atoms with van der Waals surface area (Å²) in [6.45, 7) is 0. The van der Waals surface area contributed by atoms with E-state index in [-0.39, 0.29) is 12.8 Å². The van der Waals surface area contributed by atoms with Gasteiger partial charge in [0.25, 0.3) is 0 Å². The molecule has 2 aromatic rings. The van der Waals surface area contributed by atoms with Crippen molar-refractivity contribution in [2.24, 2.45) is 0 Å². The van der Waals surface area contributed by atoms with Crippen molar-refractivity contribution in [3.63, 3.8) is 0 Å². The summed E-state index contributed by atoms with van der Waals surface area (Å²) in [6, 6.07) is 11.0. The first-order valence-electron chi connectivity index (χ1n) is 6.73. The topological polar surface area (TPSA) is 29.5 Å². The van der Waals surface area contributed by atoms with Gasteiger partial charge in [0.1, 0.15) is 5.75 Å². The van der Waals surface area contributed by atoms with Gasteiger partial charge in [0, 0.05) is 12.0 Å². The van der Waals surface area contributed by atoms with Crippen LogP contribution in [0.3, 0.4) is 0 Å². The molecule has 1 N–H and O–H groups in total. The first-order valence-corrected chi connectivity index (χ1v) is 6.73. The first kappa shape index (κ1) is 15.6. The minimum absolute atomic E-state index is 0.0455. The maximum Gasteiger partial charge on any atom is 0.389 e. The second-order valence-corrected chi connectivity index (χ2v) is 4.93. The Bertz CT molecular complexity index is 608. The molecule has 0 bridgehead atoms. The highest BCUT2D eigenvalue weighted by molar-refractivity contribution is 5.88. The highest BCUT2D eigenvalue weighted by atomic mass is 19.4. The van der Waals surface area contributed by atoms with Crippen molar-refractivity contribution in [3.8, 4) is 5.75 Å². The zero-order valence-corrected chi connectivity index (χ0v) is 11.7. The third-order valence-corrected chi connectivity index (χ3v) is 3.42. The molecule has 21 heavy (non-hydrogen) atoms. The van der Waals surface area contributed by atoms with Crippen LogP contribution in [0.15, 0.2) is 36.4 Å². The predicted octanol–water partition coefficient (Wildman–Crippen LogP) is 4.61. The second-order valence-electron chi connectivity index (χ2n) is 4.93. The summed E-state index contributed by atoms with van der Waals surface area (Å²) in [4.78, 5) is 0. The van der Waals surface area contributed by atoms with Gasteiger partial charge in [0.2, 0.25) is 0 Å². The molecule has 0 heterocycles. The Morgan fingerprint density at radius 2 is 1.86 bits per heavy atom. The fraction of sp³-hybridized carbons (Fsp3) is 0.375. The van der Waals surface area contributed by atoms with Gasteiger partial charge in [-0.15, -0.1) is 0 Å². The molecule has 0 aliphatic heterocycles. The lowest BCUT2D eigenvalue weighted by molar-refractivity contribution is -0.136. The zero-order valence-electron chi connectivity index (χ0n) is 11.7. The summed E-state index contributed by atoms with van der Waals surface area (Å²) in [5, 5.41) is 12.0. The third-order valence-electron chi connectivity index (χ3n) is 3.42. The van der Waals surface area contributed by atoms with Crippen LogP contribution in [0.25, 0.3) is 10.8 Å². The smallest absolute Gasteiger partial charge is 0.389 e. The van der Waals surface area contributed by atoms with Crippen molar-refractivity contribution in [1.29, 1.82) is 0 Å². The average Bonchev–Trinajstić information content (AvgIpc) is 2.44. The predicted molar refractivity (Wildman–Crippen MR) is 75.4 cm³/mol. The number of fused-ring (bicyclic) bond motifs is 1. The average molecular weight is 298 g/mol. The molecule has 2 nitrogen and oxygen atoms in total. The lowest BCUT2D eigenvalue weighted by atomic mass is 9.96. The largest absolute Gasteiger partial charge is 0.496 e. The normalized spacial score (nSPS) is 13.4. The van der Waals surface area contributed by atoms with Crippen LogP contribution in [0.2, 0.25) is 0 Å². The van der Waals surface area contributed by atoms with E-state index < -0.39 is 18.7 Å². The van der Waals surface area contributed by atoms with Gasteiger partial charge in [-0.2, -0.15) is 13.2 Å². The van der Waals surface area contributed by atoms with Crippen LogP contribution in [0.5, 0.6) is 5.75 Å². The van der Waals surface area contributed by atoms with Gasteiger partial charge in [-0.05, 0) is 29.7 Å². The fourth-order valence-electron chi connectivity index (χ4n) is 2.44. The van der Waals surface area contributed by atoms with Crippen LogP contribution >= 0.6 is 0 Å². The molecular weight excluding hydrogens is 281 g/mol. The van der Waals surface area contributed by atoms with Gasteiger partial charge in [-0.25, -0.2) is 0 Å². The zero-order chi connectivity index (χ0) is 15.5. The highest BCUT2D eigenvalue weighted by Gasteiger charge is 2.27. The molecule has 1 atom stereocenters. The van der Waals surface area contributed by atoms with E-state index in [0.717, 1.165) is 10.8 Å². The number of halogens is 3. The highest BCUT2D eigenvalue weighted by Crippen LogP contribution is 2.36. The van der Waals surface area contributed by atoms with Crippen molar-refractivity contribution < 1.29 is 23.0 Å². The van der Waals surface area contributed by atoms with Crippen molar-refractivity contribution >= 4 is 10.8 Å². The van der Waals surface area contributed by atoms with Gasteiger partial charge >= 0.3 is 6.18 Å². The molecular formula is C16H17F3O2. The van der Waals surface area contributed by atoms with E-state index in [1.807, 2.05) is 30.3 Å². The molecule has 0 amide bonds. The number of hydrogen-bond acceptors (Lipinski definition) is 2. The number of ether oxygens (including phenoxy) is 1. The molecule has 0 saturated heterocycles. The number of aliphatic hydroxyl groups is 1. The fourth-order valence-corrected chi connectivity index (χ4v) is 2.44. The summed E-state index contributed by atoms with van der Waals surface area (Å²) < 4.78 is 41.8. The van der Waals surface area contributed by atoms with E-state index in [1.165, 1.54) is 7.11 Å². The third kappa shape index (κ3) is 3.88. The molecule has 0 spiro atoms. The molecule has 2 aromatic carbocycles. The van der Waals surface area contributed by atoms with Crippen LogP contribution in [0.1, 0.15) is 30.9 Å². The summed E-state index contributed by atoms with van der Waals surface area (Å²) in [5.74, 6) is 0.494. The van der Waals surface area contributed by atoms with Crippen LogP contribution in [-0.2, 0) is 0 Å². The minimum Gasteiger partial charge on any atom is -0.496 e. The van der Waals surface area contributed by atoms with E-state index in [0.29, 0.717) is 11.3 Å². The molecule has 0 saturated carbocycles. The van der Waals surface area contributed by atoms with Crippen molar-refractivity contribution in [3.05, 3.63) is 42.0 Å². The summed E-state index contributed by atoms with van der Waals surface area (Å²) in [6.07, 6.45) is -6.13. The number of benzene rings is 2. The lowest BCUT2D eigenvalue weighted by Gasteiger charge is -2.18. The number of methoxy groups -OCH3 is 1. The Kier molecular flexibility index (Phi) is 4.73. The first-order chi connectivity index (χ1) is 9.92. The summed E-state index contributed by atoms with van der Waals surface area (Å²) >= 11 is 0. The van der Waals surface area contributed by atoms with Gasteiger partial charge in [-0.3, -0.25) is 0 Å².